The number of ether oxygens (including phenoxy) is 2. The number of likely N-dealkylation sites (tertiary alicyclic amines) is 1. The van der Waals surface area contributed by atoms with Crippen LogP contribution in [0.25, 0.3) is 11.1 Å². The highest BCUT2D eigenvalue weighted by Gasteiger charge is 2.45. The van der Waals surface area contributed by atoms with Crippen molar-refractivity contribution in [2.45, 2.75) is 90.1 Å². The number of piperidine rings is 2. The molecule has 2 unspecified atom stereocenters. The molecule has 0 spiro atoms. The Morgan fingerprint density at radius 1 is 0.806 bits per heavy atom. The second-order valence-electron chi connectivity index (χ2n) is 17.2. The maximum Gasteiger partial charge on any atom is 0.264 e. The van der Waals surface area contributed by atoms with Gasteiger partial charge in [0, 0.05) is 43.4 Å². The molecule has 13 nitrogen and oxygen atoms in total. The van der Waals surface area contributed by atoms with Crippen molar-refractivity contribution in [3.63, 3.8) is 0 Å². The molecule has 3 heterocycles. The van der Waals surface area contributed by atoms with E-state index in [9.17, 15) is 29.2 Å². The standard InChI is InChI=1S/C53H53ClN6O7/c1-34-38(17-11-18-40(34)37-15-4-2-5-16-37)33-67-47-29-46(66-32-36-14-10-13-35(27-36)30-55)39(28-42(47)54)31-59-26-9-6-21-44(59)50(62)57-25-8-3-7-24-56-43-20-12-19-41-49(43)53(65)60(52(41)64)45-22-23-48(61)58-51(45)63/h2,4-5,10-20,27-29,44-45,56H,3,6-9,21-26,31-33H2,1H3,(H,57,62)(H,58,61,63). The Morgan fingerprint density at radius 3 is 2.40 bits per heavy atom. The van der Waals surface area contributed by atoms with E-state index in [4.69, 9.17) is 21.1 Å². The van der Waals surface area contributed by atoms with Crippen molar-refractivity contribution < 1.29 is 33.4 Å². The number of benzene rings is 5. The lowest BCUT2D eigenvalue weighted by Gasteiger charge is -2.35. The number of nitriles is 1. The van der Waals surface area contributed by atoms with Crippen LogP contribution in [0.1, 0.15) is 99.9 Å². The van der Waals surface area contributed by atoms with Gasteiger partial charge in [-0.2, -0.15) is 5.26 Å². The van der Waals surface area contributed by atoms with Crippen LogP contribution in [0.2, 0.25) is 5.02 Å². The summed E-state index contributed by atoms with van der Waals surface area (Å²) in [5, 5.41) is 18.6. The van der Waals surface area contributed by atoms with Gasteiger partial charge in [0.05, 0.1) is 33.8 Å². The molecule has 8 rings (SSSR count). The van der Waals surface area contributed by atoms with Crippen LogP contribution in [0.5, 0.6) is 11.5 Å². The zero-order valence-electron chi connectivity index (χ0n) is 37.4. The normalized spacial score (nSPS) is 17.1. The number of nitrogens with one attached hydrogen (secondary N) is 3. The highest BCUT2D eigenvalue weighted by molar-refractivity contribution is 6.32. The van der Waals surface area contributed by atoms with Crippen molar-refractivity contribution in [1.29, 1.82) is 5.26 Å². The number of nitrogens with zero attached hydrogens (tertiary/aromatic N) is 3. The molecule has 5 aromatic rings. The SMILES string of the molecule is Cc1c(COc2cc(OCc3cccc(C#N)c3)c(CN3CCCCC3C(=O)NCCCCCNc3cccc4c3C(=O)N(C3CCC(=O)NC3=O)C4=O)cc2Cl)cccc1-c1ccccc1. The van der Waals surface area contributed by atoms with Crippen LogP contribution in [0, 0.1) is 18.3 Å². The summed E-state index contributed by atoms with van der Waals surface area (Å²) in [5.74, 6) is -1.13. The lowest BCUT2D eigenvalue weighted by atomic mass is 9.97. The molecular weight excluding hydrogens is 868 g/mol. The van der Waals surface area contributed by atoms with Crippen molar-refractivity contribution >= 4 is 46.8 Å². The molecule has 2 atom stereocenters. The van der Waals surface area contributed by atoms with Gasteiger partial charge in [0.25, 0.3) is 11.8 Å². The van der Waals surface area contributed by atoms with E-state index >= 15 is 0 Å². The summed E-state index contributed by atoms with van der Waals surface area (Å²) >= 11 is 6.97. The average Bonchev–Trinajstić information content (AvgIpc) is 3.59. The third-order valence-corrected chi connectivity index (χ3v) is 13.0. The predicted molar refractivity (Wildman–Crippen MR) is 254 cm³/mol. The summed E-state index contributed by atoms with van der Waals surface area (Å²) in [6, 6.07) is 33.3. The van der Waals surface area contributed by atoms with Crippen LogP contribution >= 0.6 is 11.6 Å². The summed E-state index contributed by atoms with van der Waals surface area (Å²) in [6.45, 7) is 4.79. The monoisotopic (exact) mass is 920 g/mol. The van der Waals surface area contributed by atoms with Gasteiger partial charge >= 0.3 is 0 Å². The largest absolute Gasteiger partial charge is 0.488 e. The molecule has 5 aromatic carbocycles. The lowest BCUT2D eigenvalue weighted by molar-refractivity contribution is -0.136. The fourth-order valence-electron chi connectivity index (χ4n) is 9.10. The summed E-state index contributed by atoms with van der Waals surface area (Å²) in [4.78, 5) is 67.8. The molecule has 2 fully saturated rings. The predicted octanol–water partition coefficient (Wildman–Crippen LogP) is 8.50. The number of halogens is 1. The van der Waals surface area contributed by atoms with Crippen molar-refractivity contribution in [3.05, 3.63) is 147 Å². The Labute approximate surface area is 395 Å². The van der Waals surface area contributed by atoms with Crippen molar-refractivity contribution in [1.82, 2.24) is 20.4 Å². The molecule has 0 aromatic heterocycles. The van der Waals surface area contributed by atoms with Gasteiger partial charge in [0.15, 0.2) is 0 Å². The van der Waals surface area contributed by atoms with E-state index in [2.05, 4.69) is 58.1 Å². The second kappa shape index (κ2) is 21.5. The Balaban J connectivity index is 0.872. The fraction of sp³-hybridized carbons (Fsp3) is 0.321. The average molecular weight is 921 g/mol. The van der Waals surface area contributed by atoms with Crippen LogP contribution in [-0.4, -0.2) is 71.1 Å². The Kier molecular flexibility index (Phi) is 14.9. The molecule has 0 radical (unpaired) electrons. The van der Waals surface area contributed by atoms with E-state index in [0.717, 1.165) is 76.9 Å². The Hall–Kier alpha value is -7.01. The number of carbonyl (C=O) groups excluding carboxylic acids is 5. The minimum Gasteiger partial charge on any atom is -0.488 e. The van der Waals surface area contributed by atoms with E-state index < -0.39 is 29.7 Å². The molecule has 0 saturated carbocycles. The minimum atomic E-state index is -1.03. The second-order valence-corrected chi connectivity index (χ2v) is 17.6. The van der Waals surface area contributed by atoms with E-state index in [-0.39, 0.29) is 42.5 Å². The summed E-state index contributed by atoms with van der Waals surface area (Å²) < 4.78 is 12.9. The molecule has 0 bridgehead atoms. The summed E-state index contributed by atoms with van der Waals surface area (Å²) in [6.07, 6.45) is 5.03. The molecule has 3 N–H and O–H groups in total. The van der Waals surface area contributed by atoms with Gasteiger partial charge in [-0.15, -0.1) is 0 Å². The summed E-state index contributed by atoms with van der Waals surface area (Å²) in [5.41, 5.74) is 7.60. The first kappa shape index (κ1) is 46.5. The van der Waals surface area contributed by atoms with Crippen LogP contribution in [0.4, 0.5) is 5.69 Å². The van der Waals surface area contributed by atoms with Gasteiger partial charge in [-0.3, -0.25) is 39.1 Å². The Morgan fingerprint density at radius 2 is 1.58 bits per heavy atom. The van der Waals surface area contributed by atoms with Crippen LogP contribution in [0.15, 0.2) is 103 Å². The van der Waals surface area contributed by atoms with E-state index in [1.54, 1.807) is 30.3 Å². The van der Waals surface area contributed by atoms with Gasteiger partial charge in [0.1, 0.15) is 30.8 Å². The first-order chi connectivity index (χ1) is 32.6. The molecular formula is C53H53ClN6O7. The molecule has 67 heavy (non-hydrogen) atoms. The quantitative estimate of drug-likeness (QED) is 0.0572. The van der Waals surface area contributed by atoms with Crippen molar-refractivity contribution in [3.8, 4) is 28.7 Å². The fourth-order valence-corrected chi connectivity index (χ4v) is 9.34. The first-order valence-corrected chi connectivity index (χ1v) is 23.3. The smallest absolute Gasteiger partial charge is 0.264 e. The number of hydrogen-bond acceptors (Lipinski definition) is 10. The van der Waals surface area contributed by atoms with Gasteiger partial charge in [-0.25, -0.2) is 0 Å². The minimum absolute atomic E-state index is 0.0311. The van der Waals surface area contributed by atoms with E-state index in [1.165, 1.54) is 0 Å². The maximum absolute atomic E-state index is 13.8. The topological polar surface area (TPSA) is 170 Å². The zero-order valence-corrected chi connectivity index (χ0v) is 38.2. The molecule has 3 aliphatic heterocycles. The zero-order chi connectivity index (χ0) is 46.9. The number of hydrogen-bond donors (Lipinski definition) is 3. The van der Waals surface area contributed by atoms with Crippen LogP contribution in [0.3, 0.4) is 0 Å². The molecule has 3 aliphatic rings. The molecule has 14 heteroatoms. The number of fused-ring (bicyclic) bond motifs is 1. The molecule has 5 amide bonds. The number of amides is 5. The van der Waals surface area contributed by atoms with E-state index in [0.29, 0.717) is 60.4 Å². The van der Waals surface area contributed by atoms with Gasteiger partial charge in [-0.05, 0) is 110 Å². The number of imide groups is 2. The summed E-state index contributed by atoms with van der Waals surface area (Å²) in [7, 11) is 0. The van der Waals surface area contributed by atoms with Crippen LogP contribution < -0.4 is 25.4 Å². The first-order valence-electron chi connectivity index (χ1n) is 22.9. The highest BCUT2D eigenvalue weighted by atomic mass is 35.5. The lowest BCUT2D eigenvalue weighted by Crippen LogP contribution is -2.54. The molecule has 2 saturated heterocycles. The van der Waals surface area contributed by atoms with Crippen molar-refractivity contribution in [2.24, 2.45) is 0 Å². The third-order valence-electron chi connectivity index (χ3n) is 12.7. The van der Waals surface area contributed by atoms with Gasteiger partial charge < -0.3 is 20.1 Å². The number of carbonyl (C=O) groups is 5. The highest BCUT2D eigenvalue weighted by Crippen LogP contribution is 2.37. The Bertz CT molecular complexity index is 2720. The maximum atomic E-state index is 13.8. The third kappa shape index (κ3) is 10.8. The molecule has 344 valence electrons. The van der Waals surface area contributed by atoms with Crippen LogP contribution in [-0.2, 0) is 34.1 Å². The molecule has 0 aliphatic carbocycles. The van der Waals surface area contributed by atoms with Gasteiger partial charge in [0.2, 0.25) is 17.7 Å². The van der Waals surface area contributed by atoms with Gasteiger partial charge in [-0.1, -0.05) is 84.8 Å². The van der Waals surface area contributed by atoms with Crippen molar-refractivity contribution in [2.75, 3.05) is 25.0 Å². The number of unbranched alkanes of at least 4 members (excludes halogenated alkanes) is 2. The number of anilines is 1. The van der Waals surface area contributed by atoms with E-state index in [1.807, 2.05) is 48.5 Å². The number of rotatable bonds is 18.